The number of benzene rings is 2. The van der Waals surface area contributed by atoms with E-state index in [0.717, 1.165) is 0 Å². The van der Waals surface area contributed by atoms with Gasteiger partial charge in [-0.2, -0.15) is 0 Å². The van der Waals surface area contributed by atoms with Crippen molar-refractivity contribution < 1.29 is 18.7 Å². The summed E-state index contributed by atoms with van der Waals surface area (Å²) in [7, 11) is 0. The van der Waals surface area contributed by atoms with E-state index < -0.39 is 17.6 Å². The third-order valence-corrected chi connectivity index (χ3v) is 5.48. The van der Waals surface area contributed by atoms with E-state index in [4.69, 9.17) is 28.6 Å². The Labute approximate surface area is 184 Å². The van der Waals surface area contributed by atoms with Gasteiger partial charge in [0.25, 0.3) is 11.8 Å². The molecule has 2 aromatic rings. The summed E-state index contributed by atoms with van der Waals surface area (Å²) in [6, 6.07) is 11.2. The van der Waals surface area contributed by atoms with Crippen LogP contribution in [0.25, 0.3) is 6.08 Å². The van der Waals surface area contributed by atoms with Gasteiger partial charge in [-0.15, -0.1) is 0 Å². The van der Waals surface area contributed by atoms with E-state index in [1.165, 1.54) is 28.0 Å². The largest absolute Gasteiger partial charge is 0.489 e. The summed E-state index contributed by atoms with van der Waals surface area (Å²) < 4.78 is 19.5. The highest BCUT2D eigenvalue weighted by Gasteiger charge is 2.37. The van der Waals surface area contributed by atoms with Gasteiger partial charge in [0.15, 0.2) is 5.11 Å². The van der Waals surface area contributed by atoms with Crippen LogP contribution in [0.5, 0.6) is 5.75 Å². The first kappa shape index (κ1) is 21.9. The fourth-order valence-electron chi connectivity index (χ4n) is 3.04. The third-order valence-electron chi connectivity index (χ3n) is 4.68. The number of rotatable bonds is 6. The topological polar surface area (TPSA) is 49.9 Å². The zero-order valence-electron chi connectivity index (χ0n) is 16.5. The highest BCUT2D eigenvalue weighted by atomic mass is 35.5. The van der Waals surface area contributed by atoms with Crippen LogP contribution in [0, 0.1) is 5.82 Å². The third kappa shape index (κ3) is 4.37. The molecule has 0 radical (unpaired) electrons. The molecule has 3 rings (SSSR count). The predicted molar refractivity (Wildman–Crippen MR) is 118 cm³/mol. The van der Waals surface area contributed by atoms with Crippen LogP contribution in [0.1, 0.15) is 25.0 Å². The van der Waals surface area contributed by atoms with Crippen LogP contribution in [0.2, 0.25) is 5.02 Å². The lowest BCUT2D eigenvalue weighted by Gasteiger charge is -2.35. The van der Waals surface area contributed by atoms with Crippen molar-refractivity contribution in [3.05, 3.63) is 70.0 Å². The minimum Gasteiger partial charge on any atom is -0.489 e. The van der Waals surface area contributed by atoms with Gasteiger partial charge in [0.1, 0.15) is 23.7 Å². The first-order valence-corrected chi connectivity index (χ1v) is 10.2. The molecule has 0 bridgehead atoms. The first-order valence-electron chi connectivity index (χ1n) is 9.42. The van der Waals surface area contributed by atoms with Crippen molar-refractivity contribution >= 4 is 46.8 Å². The summed E-state index contributed by atoms with van der Waals surface area (Å²) in [5.41, 5.74) is 0.987. The van der Waals surface area contributed by atoms with Crippen LogP contribution in [0.3, 0.4) is 0 Å². The molecule has 0 atom stereocenters. The molecule has 2 aromatic carbocycles. The number of nitrogens with zero attached hydrogens (tertiary/aromatic N) is 2. The summed E-state index contributed by atoms with van der Waals surface area (Å²) in [5.74, 6) is -0.750. The Morgan fingerprint density at radius 1 is 1.03 bits per heavy atom. The average Bonchev–Trinajstić information content (AvgIpc) is 2.72. The Kier molecular flexibility index (Phi) is 6.84. The van der Waals surface area contributed by atoms with Gasteiger partial charge in [-0.1, -0.05) is 29.8 Å². The molecule has 0 unspecified atom stereocenters. The van der Waals surface area contributed by atoms with Gasteiger partial charge in [0.05, 0.1) is 5.02 Å². The lowest BCUT2D eigenvalue weighted by Crippen LogP contribution is -2.55. The van der Waals surface area contributed by atoms with Crippen LogP contribution in [0.4, 0.5) is 4.39 Å². The van der Waals surface area contributed by atoms with E-state index in [0.29, 0.717) is 29.4 Å². The van der Waals surface area contributed by atoms with Crippen molar-refractivity contribution in [2.45, 2.75) is 20.5 Å². The second kappa shape index (κ2) is 9.36. The number of thiocarbonyl (C=S) groups is 1. The van der Waals surface area contributed by atoms with Gasteiger partial charge in [-0.25, -0.2) is 4.39 Å². The van der Waals surface area contributed by atoms with Gasteiger partial charge < -0.3 is 4.74 Å². The van der Waals surface area contributed by atoms with E-state index in [9.17, 15) is 14.0 Å². The maximum absolute atomic E-state index is 13.8. The van der Waals surface area contributed by atoms with Gasteiger partial charge >= 0.3 is 0 Å². The van der Waals surface area contributed by atoms with E-state index in [-0.39, 0.29) is 22.9 Å². The molecule has 1 saturated heterocycles. The van der Waals surface area contributed by atoms with Crippen molar-refractivity contribution in [3.63, 3.8) is 0 Å². The second-order valence-corrected chi connectivity index (χ2v) is 7.27. The van der Waals surface area contributed by atoms with Gasteiger partial charge in [0.2, 0.25) is 0 Å². The number of hydrogen-bond donors (Lipinski definition) is 0. The predicted octanol–water partition coefficient (Wildman–Crippen LogP) is 4.44. The maximum Gasteiger partial charge on any atom is 0.265 e. The molecule has 5 nitrogen and oxygen atoms in total. The minimum atomic E-state index is -0.433. The van der Waals surface area contributed by atoms with Crippen molar-refractivity contribution in [1.82, 2.24) is 9.80 Å². The summed E-state index contributed by atoms with van der Waals surface area (Å²) >= 11 is 11.3. The molecule has 2 amide bonds. The van der Waals surface area contributed by atoms with Crippen molar-refractivity contribution in [1.29, 1.82) is 0 Å². The Hall–Kier alpha value is -2.77. The Morgan fingerprint density at radius 2 is 1.63 bits per heavy atom. The summed E-state index contributed by atoms with van der Waals surface area (Å²) in [6.45, 7) is 4.35. The summed E-state index contributed by atoms with van der Waals surface area (Å²) in [5, 5.41) is 0.521. The molecule has 156 valence electrons. The monoisotopic (exact) mass is 446 g/mol. The van der Waals surface area contributed by atoms with Gasteiger partial charge in [-0.3, -0.25) is 19.4 Å². The number of carbonyl (C=O) groups is 2. The van der Waals surface area contributed by atoms with E-state index in [1.54, 1.807) is 44.2 Å². The molecule has 0 spiro atoms. The van der Waals surface area contributed by atoms with Crippen molar-refractivity contribution in [2.24, 2.45) is 0 Å². The standard InChI is InChI=1S/C22H20ClFN2O3S/c1-3-25-20(27)16(21(28)26(4-2)22(25)30)12-14-8-10-15(11-9-14)29-13-17-18(23)6-5-7-19(17)24/h5-12H,3-4,13H2,1-2H3. The molecule has 1 aliphatic heterocycles. The number of carbonyl (C=O) groups excluding carboxylic acids is 2. The van der Waals surface area contributed by atoms with E-state index in [2.05, 4.69) is 0 Å². The van der Waals surface area contributed by atoms with E-state index >= 15 is 0 Å². The molecule has 1 aliphatic rings. The lowest BCUT2D eigenvalue weighted by atomic mass is 10.1. The zero-order chi connectivity index (χ0) is 21.8. The van der Waals surface area contributed by atoms with Crippen LogP contribution in [-0.4, -0.2) is 39.8 Å². The molecule has 0 aromatic heterocycles. The Bertz CT molecular complexity index is 975. The summed E-state index contributed by atoms with van der Waals surface area (Å²) in [6.07, 6.45) is 1.54. The highest BCUT2D eigenvalue weighted by Crippen LogP contribution is 2.24. The van der Waals surface area contributed by atoms with Crippen LogP contribution in [-0.2, 0) is 16.2 Å². The fourth-order valence-corrected chi connectivity index (χ4v) is 3.68. The first-order chi connectivity index (χ1) is 14.4. The smallest absolute Gasteiger partial charge is 0.265 e. The molecule has 0 aliphatic carbocycles. The number of ether oxygens (including phenoxy) is 1. The van der Waals surface area contributed by atoms with E-state index in [1.807, 2.05) is 0 Å². The molecule has 0 N–H and O–H groups in total. The molecule has 30 heavy (non-hydrogen) atoms. The quantitative estimate of drug-likeness (QED) is 0.374. The average molecular weight is 447 g/mol. The van der Waals surface area contributed by atoms with Gasteiger partial charge in [0, 0.05) is 18.7 Å². The van der Waals surface area contributed by atoms with Crippen molar-refractivity contribution in [3.8, 4) is 5.75 Å². The molecule has 1 fully saturated rings. The Morgan fingerprint density at radius 3 is 2.17 bits per heavy atom. The van der Waals surface area contributed by atoms with Crippen molar-refractivity contribution in [2.75, 3.05) is 13.1 Å². The second-order valence-electron chi connectivity index (χ2n) is 6.50. The van der Waals surface area contributed by atoms with Gasteiger partial charge in [-0.05, 0) is 62.0 Å². The normalized spacial score (nSPS) is 14.4. The fraction of sp³-hybridized carbons (Fsp3) is 0.227. The van der Waals surface area contributed by atoms with Crippen LogP contribution in [0.15, 0.2) is 48.0 Å². The number of likely N-dealkylation sites (N-methyl/N-ethyl adjacent to an activating group) is 2. The lowest BCUT2D eigenvalue weighted by molar-refractivity contribution is -0.133. The SMILES string of the molecule is CCN1C(=O)C(=Cc2ccc(OCc3c(F)cccc3Cl)cc2)C(=O)N(CC)C1=S. The van der Waals surface area contributed by atoms with Crippen LogP contribution >= 0.6 is 23.8 Å². The number of amides is 2. The molecule has 0 saturated carbocycles. The zero-order valence-corrected chi connectivity index (χ0v) is 18.1. The maximum atomic E-state index is 13.8. The summed E-state index contributed by atoms with van der Waals surface area (Å²) in [4.78, 5) is 28.2. The molecule has 1 heterocycles. The number of hydrogen-bond acceptors (Lipinski definition) is 4. The van der Waals surface area contributed by atoms with Crippen LogP contribution < -0.4 is 4.74 Å². The molecule has 8 heteroatoms. The number of halogens is 2. The highest BCUT2D eigenvalue weighted by molar-refractivity contribution is 7.80. The molecular weight excluding hydrogens is 427 g/mol. The minimum absolute atomic E-state index is 0.0166. The molecular formula is C22H20ClFN2O3S. The Balaban J connectivity index is 1.78.